The van der Waals surface area contributed by atoms with Gasteiger partial charge in [0, 0.05) is 56.2 Å². The lowest BCUT2D eigenvalue weighted by molar-refractivity contribution is 0.0883. The molecule has 0 saturated heterocycles. The first kappa shape index (κ1) is 39.9. The maximum Gasteiger partial charge on any atom is 0.271 e. The summed E-state index contributed by atoms with van der Waals surface area (Å²) in [7, 11) is 2.98. The number of methoxy groups -OCH3 is 2. The first-order chi connectivity index (χ1) is 28.5. The van der Waals surface area contributed by atoms with E-state index in [-0.39, 0.29) is 44.6 Å². The quantitative estimate of drug-likeness (QED) is 0.0492. The zero-order chi connectivity index (χ0) is 41.8. The minimum Gasteiger partial charge on any atom is -0.496 e. The van der Waals surface area contributed by atoms with Crippen molar-refractivity contribution in [2.75, 3.05) is 14.2 Å². The third-order valence-electron chi connectivity index (χ3n) is 9.21. The van der Waals surface area contributed by atoms with Crippen molar-refractivity contribution in [2.24, 2.45) is 0 Å². The largest absolute Gasteiger partial charge is 0.496 e. The van der Waals surface area contributed by atoms with E-state index < -0.39 is 35.5 Å². The summed E-state index contributed by atoms with van der Waals surface area (Å²) >= 11 is 12.4. The van der Waals surface area contributed by atoms with Gasteiger partial charge in [-0.2, -0.15) is 0 Å². The van der Waals surface area contributed by atoms with Crippen LogP contribution in [-0.2, 0) is 0 Å². The van der Waals surface area contributed by atoms with E-state index in [1.54, 1.807) is 72.8 Å². The summed E-state index contributed by atoms with van der Waals surface area (Å²) in [5.74, 6) is -1.27. The molecular weight excluding hydrogens is 799 g/mol. The Balaban J connectivity index is 1.01. The fraction of sp³-hybridized carbons (Fsp3) is 0.0952. The molecule has 7 rings (SSSR count). The van der Waals surface area contributed by atoms with E-state index >= 15 is 0 Å². The summed E-state index contributed by atoms with van der Waals surface area (Å²) in [5, 5.41) is 31.2. The number of hydrogen-bond acceptors (Lipinski definition) is 13. The Morgan fingerprint density at radius 1 is 0.610 bits per heavy atom. The summed E-state index contributed by atoms with van der Waals surface area (Å²) in [5.41, 5.74) is 1.30. The number of carbonyl (C=O) groups excluding carboxylic acids is 4. The van der Waals surface area contributed by atoms with E-state index in [0.717, 1.165) is 12.4 Å². The molecule has 4 aromatic carbocycles. The lowest BCUT2D eigenvalue weighted by Gasteiger charge is -2.15. The Bertz CT molecular complexity index is 2620. The predicted octanol–water partition coefficient (Wildman–Crippen LogP) is 7.09. The number of nitrogens with one attached hydrogen (secondary N) is 4. The molecule has 0 aliphatic rings. The lowest BCUT2D eigenvalue weighted by Crippen LogP contribution is -2.42. The second-order valence-corrected chi connectivity index (χ2v) is 13.5. The molecule has 0 unspecified atom stereocenters. The molecule has 2 atom stereocenters. The first-order valence-electron chi connectivity index (χ1n) is 17.6. The molecule has 7 aromatic rings. The summed E-state index contributed by atoms with van der Waals surface area (Å²) in [4.78, 5) is 61.7. The number of ketones is 2. The number of ether oxygens (including phenoxy) is 2. The van der Waals surface area contributed by atoms with Gasteiger partial charge in [0.05, 0.1) is 14.2 Å². The van der Waals surface area contributed by atoms with Crippen molar-refractivity contribution in [1.29, 1.82) is 10.8 Å². The smallest absolute Gasteiger partial charge is 0.271 e. The molecule has 0 spiro atoms. The van der Waals surface area contributed by atoms with Crippen molar-refractivity contribution in [1.82, 2.24) is 30.8 Å². The Labute approximate surface area is 344 Å². The van der Waals surface area contributed by atoms with Crippen LogP contribution in [0.4, 0.5) is 0 Å². The van der Waals surface area contributed by atoms with Gasteiger partial charge < -0.3 is 35.3 Å². The minimum atomic E-state index is -1.31. The Morgan fingerprint density at radius 2 is 1.00 bits per heavy atom. The number of carbonyl (C=O) groups is 4. The van der Waals surface area contributed by atoms with Crippen molar-refractivity contribution in [3.05, 3.63) is 130 Å². The van der Waals surface area contributed by atoms with Gasteiger partial charge in [-0.1, -0.05) is 71.7 Å². The molecule has 294 valence electrons. The van der Waals surface area contributed by atoms with Crippen molar-refractivity contribution in [3.63, 3.8) is 0 Å². The summed E-state index contributed by atoms with van der Waals surface area (Å²) in [6.07, 6.45) is 1.65. The zero-order valence-electron chi connectivity index (χ0n) is 30.9. The number of nitrogens with zero attached hydrogens (tertiary/aromatic N) is 4. The van der Waals surface area contributed by atoms with Crippen LogP contribution in [0.5, 0.6) is 11.5 Å². The summed E-state index contributed by atoms with van der Waals surface area (Å²) in [6, 6.07) is 23.0. The third-order valence-corrected chi connectivity index (χ3v) is 9.59. The van der Waals surface area contributed by atoms with E-state index in [0.29, 0.717) is 44.2 Å². The number of benzene rings is 4. The molecule has 59 heavy (non-hydrogen) atoms. The highest BCUT2D eigenvalue weighted by Crippen LogP contribution is 2.31. The number of halogens is 2. The molecule has 2 amide bonds. The van der Waals surface area contributed by atoms with Crippen molar-refractivity contribution in [2.45, 2.75) is 12.1 Å². The van der Waals surface area contributed by atoms with E-state index in [4.69, 9.17) is 47.9 Å². The first-order valence-corrected chi connectivity index (χ1v) is 18.3. The zero-order valence-corrected chi connectivity index (χ0v) is 32.5. The second kappa shape index (κ2) is 17.0. The van der Waals surface area contributed by atoms with Gasteiger partial charge >= 0.3 is 0 Å². The van der Waals surface area contributed by atoms with Crippen LogP contribution in [0.15, 0.2) is 101 Å². The monoisotopic (exact) mass is 828 g/mol. The van der Waals surface area contributed by atoms with Crippen molar-refractivity contribution < 1.29 is 33.1 Å². The predicted molar refractivity (Wildman–Crippen MR) is 221 cm³/mol. The Morgan fingerprint density at radius 3 is 1.36 bits per heavy atom. The van der Waals surface area contributed by atoms with Crippen LogP contribution in [-0.4, -0.2) is 82.3 Å². The number of rotatable bonds is 14. The maximum atomic E-state index is 13.4. The molecule has 0 radical (unpaired) electrons. The van der Waals surface area contributed by atoms with Crippen LogP contribution in [0.25, 0.3) is 44.5 Å². The van der Waals surface area contributed by atoms with Crippen molar-refractivity contribution >= 4 is 80.6 Å². The number of aromatic nitrogens is 4. The van der Waals surface area contributed by atoms with Gasteiger partial charge in [0.1, 0.15) is 45.3 Å². The number of hydrogen-bond donors (Lipinski definition) is 4. The molecule has 3 heterocycles. The molecule has 15 nitrogen and oxygen atoms in total. The molecule has 0 saturated carbocycles. The average molecular weight is 830 g/mol. The fourth-order valence-corrected chi connectivity index (χ4v) is 6.68. The van der Waals surface area contributed by atoms with E-state index in [1.165, 1.54) is 38.5 Å². The highest BCUT2D eigenvalue weighted by Gasteiger charge is 2.26. The van der Waals surface area contributed by atoms with Crippen LogP contribution in [0.2, 0.25) is 10.3 Å². The maximum absolute atomic E-state index is 13.4. The standard InChI is InChI=1S/C42H30Cl2N8O7/c1-57-31-7-3-5-25-27(31)17-33(43)49-35(25)39(55)47-29(19-45)37(53)21-9-13-23(14-10-21)41-51-52-42(59-41)24-15-11-22(12-16-24)38(54)30(20-46)48-40(56)36-26-6-4-8-32(58-2)28(26)18-34(44)50-36/h3-20,29-30,45-46H,1-2H3,(H,47,55)(H,48,56)/t29-,30-/m0/s1. The van der Waals surface area contributed by atoms with Crippen LogP contribution in [0.3, 0.4) is 0 Å². The topological polar surface area (TPSA) is 223 Å². The van der Waals surface area contributed by atoms with Gasteiger partial charge in [-0.25, -0.2) is 9.97 Å². The molecule has 3 aromatic heterocycles. The minimum absolute atomic E-state index is 0.0302. The average Bonchev–Trinajstić information content (AvgIpc) is 3.76. The molecule has 0 aliphatic heterocycles. The normalized spacial score (nSPS) is 12.0. The highest BCUT2D eigenvalue weighted by atomic mass is 35.5. The lowest BCUT2D eigenvalue weighted by atomic mass is 10.0. The van der Waals surface area contributed by atoms with Gasteiger partial charge in [0.2, 0.25) is 11.8 Å². The Kier molecular flexibility index (Phi) is 11.5. The van der Waals surface area contributed by atoms with Gasteiger partial charge in [-0.15, -0.1) is 10.2 Å². The number of fused-ring (bicyclic) bond motifs is 2. The Hall–Kier alpha value is -7.36. The summed E-state index contributed by atoms with van der Waals surface area (Å²) in [6.45, 7) is 0. The fourth-order valence-electron chi connectivity index (χ4n) is 6.29. The second-order valence-electron chi connectivity index (χ2n) is 12.7. The number of Topliss-reactive ketones (excluding diaryl/α,β-unsaturated/α-hetero) is 2. The third kappa shape index (κ3) is 8.10. The van der Waals surface area contributed by atoms with E-state index in [9.17, 15) is 19.2 Å². The van der Waals surface area contributed by atoms with Crippen LogP contribution >= 0.6 is 23.2 Å². The SMILES string of the molecule is COc1cccc2c(C(=O)N[C@@H](C=N)C(=O)c3ccc(-c4nnc(-c5ccc(C(=O)[C@H](C=N)NC(=O)c6nc(Cl)cc7c(OC)cccc67)cc5)o4)cc3)nc(Cl)cc12. The highest BCUT2D eigenvalue weighted by molar-refractivity contribution is 6.31. The van der Waals surface area contributed by atoms with Crippen LogP contribution in [0.1, 0.15) is 41.7 Å². The van der Waals surface area contributed by atoms with E-state index in [1.807, 2.05) is 0 Å². The van der Waals surface area contributed by atoms with Crippen LogP contribution in [0, 0.1) is 10.8 Å². The number of amides is 2. The molecule has 0 aliphatic carbocycles. The van der Waals surface area contributed by atoms with Crippen LogP contribution < -0.4 is 20.1 Å². The van der Waals surface area contributed by atoms with Gasteiger partial charge in [0.15, 0.2) is 11.6 Å². The van der Waals surface area contributed by atoms with Gasteiger partial charge in [0.25, 0.3) is 11.8 Å². The molecular formula is C42H30Cl2N8O7. The van der Waals surface area contributed by atoms with E-state index in [2.05, 4.69) is 30.8 Å². The van der Waals surface area contributed by atoms with Crippen molar-refractivity contribution in [3.8, 4) is 34.4 Å². The summed E-state index contributed by atoms with van der Waals surface area (Å²) < 4.78 is 16.7. The number of pyridine rings is 2. The molecule has 0 bridgehead atoms. The molecule has 17 heteroatoms. The molecule has 0 fully saturated rings. The van der Waals surface area contributed by atoms with Gasteiger partial charge in [-0.3, -0.25) is 19.2 Å². The molecule has 4 N–H and O–H groups in total. The van der Waals surface area contributed by atoms with Gasteiger partial charge in [-0.05, 0) is 48.5 Å².